The van der Waals surface area contributed by atoms with Crippen LogP contribution in [0.5, 0.6) is 0 Å². The number of benzene rings is 1. The second kappa shape index (κ2) is 5.77. The molecule has 21 heavy (non-hydrogen) atoms. The van der Waals surface area contributed by atoms with E-state index in [1.807, 2.05) is 6.92 Å². The second-order valence-electron chi connectivity index (χ2n) is 5.87. The van der Waals surface area contributed by atoms with Crippen molar-refractivity contribution < 1.29 is 13.2 Å². The number of nitrogens with one attached hydrogen (secondary N) is 1. The molecule has 1 aromatic rings. The summed E-state index contributed by atoms with van der Waals surface area (Å²) in [6, 6.07) is 6.43. The van der Waals surface area contributed by atoms with Gasteiger partial charge in [0.05, 0.1) is 16.4 Å². The van der Waals surface area contributed by atoms with Crippen molar-refractivity contribution in [1.82, 2.24) is 5.32 Å². The van der Waals surface area contributed by atoms with Crippen molar-refractivity contribution in [3.05, 3.63) is 29.8 Å². The van der Waals surface area contributed by atoms with Crippen LogP contribution in [0, 0.1) is 5.41 Å². The number of nitrogens with two attached hydrogens (primary N) is 1. The Hall–Kier alpha value is -1.40. The quantitative estimate of drug-likeness (QED) is 0.860. The lowest BCUT2D eigenvalue weighted by Crippen LogP contribution is -2.50. The van der Waals surface area contributed by atoms with Crippen molar-refractivity contribution in [3.8, 4) is 0 Å². The van der Waals surface area contributed by atoms with Crippen LogP contribution in [0.1, 0.15) is 37.8 Å². The molecule has 0 aliphatic heterocycles. The Labute approximate surface area is 125 Å². The third-order valence-corrected chi connectivity index (χ3v) is 5.47. The molecule has 116 valence electrons. The molecule has 0 spiro atoms. The van der Waals surface area contributed by atoms with Crippen LogP contribution in [0.2, 0.25) is 0 Å². The highest BCUT2D eigenvalue weighted by Gasteiger charge is 2.43. The van der Waals surface area contributed by atoms with Gasteiger partial charge in [-0.1, -0.05) is 18.6 Å². The molecule has 6 heteroatoms. The maximum Gasteiger partial charge on any atom is 0.227 e. The monoisotopic (exact) mass is 310 g/mol. The molecule has 2 rings (SSSR count). The van der Waals surface area contributed by atoms with Gasteiger partial charge in [0, 0.05) is 12.8 Å². The van der Waals surface area contributed by atoms with Crippen molar-refractivity contribution in [1.29, 1.82) is 0 Å². The minimum absolute atomic E-state index is 0.00376. The molecule has 0 radical (unpaired) electrons. The average molecular weight is 310 g/mol. The second-order valence-corrected chi connectivity index (χ2v) is 7.89. The first-order valence-electron chi connectivity index (χ1n) is 7.09. The zero-order valence-corrected chi connectivity index (χ0v) is 13.2. The fraction of sp³-hybridized carbons (Fsp3) is 0.533. The van der Waals surface area contributed by atoms with E-state index in [1.165, 1.54) is 6.26 Å². The van der Waals surface area contributed by atoms with Crippen molar-refractivity contribution in [2.24, 2.45) is 11.1 Å². The molecular weight excluding hydrogens is 288 g/mol. The Balaban J connectivity index is 2.07. The lowest BCUT2D eigenvalue weighted by atomic mass is 9.68. The first-order valence-corrected chi connectivity index (χ1v) is 8.99. The largest absolute Gasteiger partial charge is 0.349 e. The maximum absolute atomic E-state index is 12.3. The molecule has 0 bridgehead atoms. The normalized spacial score (nSPS) is 18.6. The van der Waals surface area contributed by atoms with E-state index >= 15 is 0 Å². The fourth-order valence-electron chi connectivity index (χ4n) is 2.56. The van der Waals surface area contributed by atoms with E-state index in [4.69, 9.17) is 5.73 Å². The van der Waals surface area contributed by atoms with Crippen molar-refractivity contribution >= 4 is 15.7 Å². The summed E-state index contributed by atoms with van der Waals surface area (Å²) in [5, 5.41) is 2.98. The minimum Gasteiger partial charge on any atom is -0.349 e. The first kappa shape index (κ1) is 16.0. The third-order valence-electron chi connectivity index (χ3n) is 4.34. The van der Waals surface area contributed by atoms with Gasteiger partial charge in [-0.3, -0.25) is 4.79 Å². The summed E-state index contributed by atoms with van der Waals surface area (Å²) < 4.78 is 22.8. The summed E-state index contributed by atoms with van der Waals surface area (Å²) in [7, 11) is -3.19. The highest BCUT2D eigenvalue weighted by Crippen LogP contribution is 2.40. The van der Waals surface area contributed by atoms with Gasteiger partial charge in [0.1, 0.15) is 0 Å². The predicted molar refractivity (Wildman–Crippen MR) is 81.4 cm³/mol. The van der Waals surface area contributed by atoms with E-state index in [0.717, 1.165) is 24.8 Å². The summed E-state index contributed by atoms with van der Waals surface area (Å²) in [6.45, 7) is 2.26. The molecule has 0 saturated heterocycles. The van der Waals surface area contributed by atoms with Crippen LogP contribution in [0.4, 0.5) is 0 Å². The zero-order chi connectivity index (χ0) is 15.7. The molecule has 1 amide bonds. The highest BCUT2D eigenvalue weighted by molar-refractivity contribution is 7.90. The number of hydrogen-bond donors (Lipinski definition) is 2. The van der Waals surface area contributed by atoms with E-state index in [9.17, 15) is 13.2 Å². The molecule has 0 heterocycles. The molecule has 1 aliphatic carbocycles. The summed E-state index contributed by atoms with van der Waals surface area (Å²) in [6.07, 6.45) is 3.90. The molecule has 1 unspecified atom stereocenters. The van der Waals surface area contributed by atoms with Gasteiger partial charge in [-0.05, 0) is 37.5 Å². The summed E-state index contributed by atoms with van der Waals surface area (Å²) in [5.41, 5.74) is 6.20. The van der Waals surface area contributed by atoms with Crippen molar-refractivity contribution in [2.75, 3.05) is 12.8 Å². The highest BCUT2D eigenvalue weighted by atomic mass is 32.2. The fourth-order valence-corrected chi connectivity index (χ4v) is 3.19. The number of rotatable bonds is 5. The SMILES string of the molecule is CC(NC(=O)C1(CN)CCC1)c1ccc(S(C)(=O)=O)cc1. The summed E-state index contributed by atoms with van der Waals surface area (Å²) in [4.78, 5) is 12.6. The van der Waals surface area contributed by atoms with Crippen molar-refractivity contribution in [3.63, 3.8) is 0 Å². The van der Waals surface area contributed by atoms with Gasteiger partial charge in [0.25, 0.3) is 0 Å². The molecule has 1 aromatic carbocycles. The lowest BCUT2D eigenvalue weighted by molar-refractivity contribution is -0.135. The number of amides is 1. The Morgan fingerprint density at radius 3 is 2.29 bits per heavy atom. The first-order chi connectivity index (χ1) is 9.78. The summed E-state index contributed by atoms with van der Waals surface area (Å²) in [5.74, 6) is -0.00376. The number of carbonyl (C=O) groups is 1. The molecule has 1 atom stereocenters. The third kappa shape index (κ3) is 3.27. The minimum atomic E-state index is -3.19. The van der Waals surface area contributed by atoms with E-state index in [-0.39, 0.29) is 16.8 Å². The Kier molecular flexibility index (Phi) is 4.39. The van der Waals surface area contributed by atoms with Gasteiger partial charge in [-0.25, -0.2) is 8.42 Å². The van der Waals surface area contributed by atoms with Crippen LogP contribution < -0.4 is 11.1 Å². The number of sulfone groups is 1. The Morgan fingerprint density at radius 2 is 1.90 bits per heavy atom. The van der Waals surface area contributed by atoms with Gasteiger partial charge >= 0.3 is 0 Å². The van der Waals surface area contributed by atoms with Gasteiger partial charge in [-0.15, -0.1) is 0 Å². The maximum atomic E-state index is 12.3. The molecular formula is C15H22N2O3S. The van der Waals surface area contributed by atoms with E-state index in [1.54, 1.807) is 24.3 Å². The average Bonchev–Trinajstić information content (AvgIpc) is 2.37. The molecule has 5 nitrogen and oxygen atoms in total. The van der Waals surface area contributed by atoms with Crippen LogP contribution in [-0.4, -0.2) is 27.1 Å². The molecule has 0 aromatic heterocycles. The van der Waals surface area contributed by atoms with Crippen molar-refractivity contribution in [2.45, 2.75) is 37.1 Å². The number of carbonyl (C=O) groups excluding carboxylic acids is 1. The van der Waals surface area contributed by atoms with E-state index in [0.29, 0.717) is 6.54 Å². The Morgan fingerprint density at radius 1 is 1.33 bits per heavy atom. The lowest BCUT2D eigenvalue weighted by Gasteiger charge is -2.39. The van der Waals surface area contributed by atoms with Gasteiger partial charge in [0.15, 0.2) is 9.84 Å². The molecule has 1 aliphatic rings. The summed E-state index contributed by atoms with van der Waals surface area (Å²) >= 11 is 0. The molecule has 3 N–H and O–H groups in total. The van der Waals surface area contributed by atoms with Crippen LogP contribution in [0.3, 0.4) is 0 Å². The standard InChI is InChI=1S/C15H22N2O3S/c1-11(17-14(18)15(10-16)8-3-9-15)12-4-6-13(7-5-12)21(2,19)20/h4-7,11H,3,8-10,16H2,1-2H3,(H,17,18). The smallest absolute Gasteiger partial charge is 0.227 e. The number of hydrogen-bond acceptors (Lipinski definition) is 4. The van der Waals surface area contributed by atoms with E-state index < -0.39 is 15.3 Å². The Bertz CT molecular complexity index is 613. The zero-order valence-electron chi connectivity index (χ0n) is 12.4. The van der Waals surface area contributed by atoms with Crippen LogP contribution in [-0.2, 0) is 14.6 Å². The van der Waals surface area contributed by atoms with Crippen LogP contribution in [0.25, 0.3) is 0 Å². The van der Waals surface area contributed by atoms with Gasteiger partial charge in [0.2, 0.25) is 5.91 Å². The molecule has 1 saturated carbocycles. The van der Waals surface area contributed by atoms with Gasteiger partial charge < -0.3 is 11.1 Å². The van der Waals surface area contributed by atoms with Gasteiger partial charge in [-0.2, -0.15) is 0 Å². The van der Waals surface area contributed by atoms with Crippen LogP contribution >= 0.6 is 0 Å². The van der Waals surface area contributed by atoms with E-state index in [2.05, 4.69) is 5.32 Å². The topological polar surface area (TPSA) is 89.3 Å². The van der Waals surface area contributed by atoms with Crippen LogP contribution in [0.15, 0.2) is 29.2 Å². The molecule has 1 fully saturated rings. The predicted octanol–water partition coefficient (Wildman–Crippen LogP) is 1.40.